The van der Waals surface area contributed by atoms with Gasteiger partial charge >= 0.3 is 11.9 Å². The molecule has 0 saturated heterocycles. The zero-order valence-electron chi connectivity index (χ0n) is 21.3. The Labute approximate surface area is 218 Å². The van der Waals surface area contributed by atoms with Crippen LogP contribution in [0.25, 0.3) is 0 Å². The van der Waals surface area contributed by atoms with Crippen molar-refractivity contribution in [1.82, 2.24) is 5.32 Å². The second-order valence-corrected chi connectivity index (χ2v) is 9.07. The lowest BCUT2D eigenvalue weighted by atomic mass is 10.0. The van der Waals surface area contributed by atoms with Crippen LogP contribution in [0.4, 0.5) is 5.69 Å². The molecule has 196 valence electrons. The first kappa shape index (κ1) is 34.4. The number of aliphatic carboxylic acids is 2. The maximum Gasteiger partial charge on any atom is 0.306 e. The van der Waals surface area contributed by atoms with Gasteiger partial charge in [0, 0.05) is 37.9 Å². The molecule has 1 aromatic rings. The Kier molecular flexibility index (Phi) is 19.3. The van der Waals surface area contributed by atoms with Gasteiger partial charge in [0.15, 0.2) is 0 Å². The van der Waals surface area contributed by atoms with Crippen LogP contribution >= 0.6 is 24.4 Å². The van der Waals surface area contributed by atoms with E-state index in [9.17, 15) is 19.2 Å². The molecule has 2 atom stereocenters. The van der Waals surface area contributed by atoms with Crippen molar-refractivity contribution in [2.75, 3.05) is 12.4 Å². The number of nitrogens with one attached hydrogen (secondary N) is 2. The molecule has 0 aliphatic heterocycles. The summed E-state index contributed by atoms with van der Waals surface area (Å²) in [6, 6.07) is 8.23. The molecule has 0 spiro atoms. The smallest absolute Gasteiger partial charge is 0.306 e. The van der Waals surface area contributed by atoms with Gasteiger partial charge in [-0.3, -0.25) is 19.2 Å². The van der Waals surface area contributed by atoms with Gasteiger partial charge < -0.3 is 20.8 Å². The molecule has 8 nitrogen and oxygen atoms in total. The van der Waals surface area contributed by atoms with Crippen LogP contribution in [0.5, 0.6) is 0 Å². The minimum atomic E-state index is -0.941. The van der Waals surface area contributed by atoms with Crippen LogP contribution < -0.4 is 10.6 Å². The molecule has 0 bridgehead atoms. The van der Waals surface area contributed by atoms with Gasteiger partial charge in [-0.25, -0.2) is 0 Å². The third-order valence-corrected chi connectivity index (χ3v) is 5.18. The molecule has 4 N–H and O–H groups in total. The molecule has 35 heavy (non-hydrogen) atoms. The van der Waals surface area contributed by atoms with Gasteiger partial charge in [0.05, 0.1) is 17.3 Å². The van der Waals surface area contributed by atoms with E-state index < -0.39 is 17.9 Å². The first-order chi connectivity index (χ1) is 16.3. The highest BCUT2D eigenvalue weighted by molar-refractivity contribution is 7.80. The highest BCUT2D eigenvalue weighted by Crippen LogP contribution is 2.11. The molecule has 0 aliphatic carbocycles. The number of carbonyl (C=O) groups excluding carboxylic acids is 2. The minimum Gasteiger partial charge on any atom is -0.481 e. The predicted octanol–water partition coefficient (Wildman–Crippen LogP) is 4.69. The lowest BCUT2D eigenvalue weighted by Crippen LogP contribution is -2.23. The number of amides is 1. The summed E-state index contributed by atoms with van der Waals surface area (Å²) in [7, 11) is 1.48. The number of anilines is 1. The van der Waals surface area contributed by atoms with Crippen LogP contribution in [-0.2, 0) is 25.6 Å². The number of thiocarbonyl (C=S) groups is 2. The Balaban J connectivity index is 0. The molecule has 0 saturated carbocycles. The number of carboxylic acids is 2. The van der Waals surface area contributed by atoms with Gasteiger partial charge in [-0.05, 0) is 35.9 Å². The summed E-state index contributed by atoms with van der Waals surface area (Å²) in [5.41, 5.74) is 2.29. The Morgan fingerprint density at radius 3 is 1.83 bits per heavy atom. The number of carbonyl (C=O) groups is 4. The maximum atomic E-state index is 10.8. The van der Waals surface area contributed by atoms with E-state index in [1.165, 1.54) is 19.5 Å². The third-order valence-electron chi connectivity index (χ3n) is 4.64. The Hall–Kier alpha value is -2.72. The summed E-state index contributed by atoms with van der Waals surface area (Å²) < 4.78 is 0. The van der Waals surface area contributed by atoms with E-state index >= 15 is 0 Å². The number of carboxylic acid groups (broad SMARTS) is 2. The van der Waals surface area contributed by atoms with Crippen LogP contribution in [0.3, 0.4) is 0 Å². The zero-order valence-corrected chi connectivity index (χ0v) is 23.0. The van der Waals surface area contributed by atoms with E-state index in [0.29, 0.717) is 6.42 Å². The van der Waals surface area contributed by atoms with Gasteiger partial charge in [-0.1, -0.05) is 64.3 Å². The second-order valence-electron chi connectivity index (χ2n) is 7.88. The lowest BCUT2D eigenvalue weighted by Gasteiger charge is -2.05. The molecular weight excluding hydrogens is 488 g/mol. The Morgan fingerprint density at radius 1 is 0.914 bits per heavy atom. The van der Waals surface area contributed by atoms with Gasteiger partial charge in [0.25, 0.3) is 0 Å². The van der Waals surface area contributed by atoms with Crippen molar-refractivity contribution in [2.45, 2.75) is 66.7 Å². The summed E-state index contributed by atoms with van der Waals surface area (Å²) in [6.45, 7) is 8.83. The maximum absolute atomic E-state index is 10.8. The first-order valence-electron chi connectivity index (χ1n) is 11.3. The quantitative estimate of drug-likeness (QED) is 0.303. The highest BCUT2D eigenvalue weighted by atomic mass is 32.1. The van der Waals surface area contributed by atoms with Crippen LogP contribution in [0.15, 0.2) is 24.3 Å². The standard InChI is InChI=1S/C12H15NS2.C7H12O3.C6H11NO3/c1-3-12(15)8-10-4-6-11(7-5-10)13-9(2)14;1-3-6(8)5(2)4-7(9)10;1-4(6(9)10)3-5(8)7-2/h4-7H,3,8H2,1-2H3,(H,13,14);5H,3-4H2,1-2H3,(H,9,10);4H,3H2,1-2H3,(H,7,8)(H,9,10). The summed E-state index contributed by atoms with van der Waals surface area (Å²) >= 11 is 10.2. The zero-order chi connectivity index (χ0) is 27.6. The SMILES string of the molecule is CCC(=O)C(C)CC(=O)O.CCC(=S)Cc1ccc(NC(C)=S)cc1.CNC(=O)CC(C)C(=O)O. The number of hydrogen-bond acceptors (Lipinski definition) is 6. The lowest BCUT2D eigenvalue weighted by molar-refractivity contribution is -0.143. The summed E-state index contributed by atoms with van der Waals surface area (Å²) in [5.74, 6) is -3.00. The fraction of sp³-hybridized carbons (Fsp3) is 0.520. The van der Waals surface area contributed by atoms with Gasteiger partial charge in [0.1, 0.15) is 5.78 Å². The molecule has 0 fully saturated rings. The van der Waals surface area contributed by atoms with Crippen LogP contribution in [-0.4, -0.2) is 50.7 Å². The average molecular weight is 527 g/mol. The molecule has 1 aromatic carbocycles. The van der Waals surface area contributed by atoms with Gasteiger partial charge in [0.2, 0.25) is 5.91 Å². The van der Waals surface area contributed by atoms with E-state index in [4.69, 9.17) is 34.6 Å². The fourth-order valence-corrected chi connectivity index (χ4v) is 2.74. The molecule has 0 radical (unpaired) electrons. The third kappa shape index (κ3) is 19.3. The average Bonchev–Trinajstić information content (AvgIpc) is 2.79. The number of hydrogen-bond donors (Lipinski definition) is 4. The van der Waals surface area contributed by atoms with Crippen LogP contribution in [0.2, 0.25) is 0 Å². The second kappa shape index (κ2) is 19.6. The highest BCUT2D eigenvalue weighted by Gasteiger charge is 2.14. The number of ketones is 1. The van der Waals surface area contributed by atoms with E-state index in [-0.39, 0.29) is 30.4 Å². The van der Waals surface area contributed by atoms with E-state index in [2.05, 4.69) is 29.7 Å². The number of benzene rings is 1. The minimum absolute atomic E-state index is 0.0161. The molecular formula is C25H38N2O6S2. The monoisotopic (exact) mass is 526 g/mol. The molecule has 1 amide bonds. The summed E-state index contributed by atoms with van der Waals surface area (Å²) in [4.78, 5) is 43.5. The molecule has 1 rings (SSSR count). The van der Waals surface area contributed by atoms with E-state index in [0.717, 1.165) is 28.4 Å². The molecule has 0 heterocycles. The summed E-state index contributed by atoms with van der Waals surface area (Å²) in [5, 5.41) is 22.1. The molecule has 0 aromatic heterocycles. The van der Waals surface area contributed by atoms with E-state index in [1.54, 1.807) is 13.8 Å². The first-order valence-corrected chi connectivity index (χ1v) is 12.1. The van der Waals surface area contributed by atoms with Crippen molar-refractivity contribution >= 4 is 63.6 Å². The number of Topliss-reactive ketones (excluding diaryl/α,β-unsaturated/α-hetero) is 1. The Morgan fingerprint density at radius 2 is 1.46 bits per heavy atom. The van der Waals surface area contributed by atoms with Gasteiger partial charge in [-0.15, -0.1) is 0 Å². The summed E-state index contributed by atoms with van der Waals surface area (Å²) in [6.07, 6.45) is 2.28. The normalized spacial score (nSPS) is 11.3. The van der Waals surface area contributed by atoms with Crippen molar-refractivity contribution in [3.05, 3.63) is 29.8 Å². The molecule has 2 unspecified atom stereocenters. The molecule has 10 heteroatoms. The number of rotatable bonds is 11. The van der Waals surface area contributed by atoms with Gasteiger partial charge in [-0.2, -0.15) is 0 Å². The molecule has 0 aliphatic rings. The van der Waals surface area contributed by atoms with Crippen LogP contribution in [0.1, 0.15) is 65.9 Å². The van der Waals surface area contributed by atoms with Crippen LogP contribution in [0, 0.1) is 11.8 Å². The van der Waals surface area contributed by atoms with Crippen molar-refractivity contribution in [3.63, 3.8) is 0 Å². The van der Waals surface area contributed by atoms with Crippen molar-refractivity contribution < 1.29 is 29.4 Å². The fourth-order valence-electron chi connectivity index (χ4n) is 2.45. The van der Waals surface area contributed by atoms with E-state index in [1.807, 2.05) is 19.1 Å². The predicted molar refractivity (Wildman–Crippen MR) is 147 cm³/mol. The van der Waals surface area contributed by atoms with Crippen molar-refractivity contribution in [3.8, 4) is 0 Å². The van der Waals surface area contributed by atoms with Crippen molar-refractivity contribution in [2.24, 2.45) is 11.8 Å². The van der Waals surface area contributed by atoms with Crippen molar-refractivity contribution in [1.29, 1.82) is 0 Å². The largest absolute Gasteiger partial charge is 0.481 e. The topological polar surface area (TPSA) is 133 Å². The Bertz CT molecular complexity index is 856.